The van der Waals surface area contributed by atoms with E-state index in [4.69, 9.17) is 18.9 Å². The van der Waals surface area contributed by atoms with Crippen LogP contribution in [0.4, 0.5) is 0 Å². The molecule has 0 radical (unpaired) electrons. The molecule has 1 fully saturated rings. The van der Waals surface area contributed by atoms with E-state index < -0.39 is 43.2 Å². The van der Waals surface area contributed by atoms with Crippen molar-refractivity contribution < 1.29 is 39.1 Å². The summed E-state index contributed by atoms with van der Waals surface area (Å²) < 4.78 is 21.5. The molecule has 26 heavy (non-hydrogen) atoms. The number of hydrogen-bond acceptors (Lipinski definition) is 10. The molecule has 3 unspecified atom stereocenters. The third-order valence-corrected chi connectivity index (χ3v) is 3.67. The SMILES string of the molecule is CC(=O)NC1C(O)[C@@H](O)C(CO)O[C@H]1OCCOCCOCCN=C=S. The maximum absolute atomic E-state index is 11.3. The van der Waals surface area contributed by atoms with Gasteiger partial charge in [0.2, 0.25) is 5.91 Å². The Bertz CT molecular complexity index is 463. The maximum Gasteiger partial charge on any atom is 0.217 e. The third kappa shape index (κ3) is 8.12. The van der Waals surface area contributed by atoms with E-state index in [-0.39, 0.29) is 13.2 Å². The van der Waals surface area contributed by atoms with E-state index in [2.05, 4.69) is 27.7 Å². The number of rotatable bonds is 12. The van der Waals surface area contributed by atoms with Gasteiger partial charge in [-0.1, -0.05) is 0 Å². The van der Waals surface area contributed by atoms with Gasteiger partial charge < -0.3 is 39.6 Å². The van der Waals surface area contributed by atoms with Gasteiger partial charge in [0.25, 0.3) is 0 Å². The molecule has 0 aromatic carbocycles. The molecule has 0 aromatic heterocycles. The van der Waals surface area contributed by atoms with Crippen molar-refractivity contribution in [1.29, 1.82) is 0 Å². The lowest BCUT2D eigenvalue weighted by atomic mass is 9.97. The van der Waals surface area contributed by atoms with Crippen molar-refractivity contribution in [3.8, 4) is 0 Å². The second-order valence-electron chi connectivity index (χ2n) is 5.50. The van der Waals surface area contributed by atoms with E-state index in [0.29, 0.717) is 26.4 Å². The molecule has 0 bridgehead atoms. The summed E-state index contributed by atoms with van der Waals surface area (Å²) in [6.45, 7) is 2.76. The summed E-state index contributed by atoms with van der Waals surface area (Å²) in [5, 5.41) is 33.9. The summed E-state index contributed by atoms with van der Waals surface area (Å²) in [6, 6.07) is -0.963. The largest absolute Gasteiger partial charge is 0.394 e. The minimum atomic E-state index is -1.34. The van der Waals surface area contributed by atoms with E-state index in [0.717, 1.165) is 0 Å². The molecule has 1 aliphatic heterocycles. The molecular weight excluding hydrogens is 368 g/mol. The minimum Gasteiger partial charge on any atom is -0.394 e. The molecular formula is C15H26N2O8S. The van der Waals surface area contributed by atoms with Crippen LogP contribution in [-0.4, -0.2) is 103 Å². The van der Waals surface area contributed by atoms with Crippen LogP contribution in [0.3, 0.4) is 0 Å². The number of nitrogens with zero attached hydrogens (tertiary/aromatic N) is 1. The summed E-state index contributed by atoms with van der Waals surface area (Å²) in [4.78, 5) is 15.0. The van der Waals surface area contributed by atoms with E-state index in [1.54, 1.807) is 0 Å². The van der Waals surface area contributed by atoms with Gasteiger partial charge in [0.05, 0.1) is 51.3 Å². The second-order valence-corrected chi connectivity index (χ2v) is 5.68. The molecule has 1 aliphatic rings. The molecule has 4 N–H and O–H groups in total. The Labute approximate surface area is 157 Å². The molecule has 11 heteroatoms. The summed E-state index contributed by atoms with van der Waals surface area (Å²) in [5.41, 5.74) is 0. The van der Waals surface area contributed by atoms with Crippen molar-refractivity contribution in [2.24, 2.45) is 4.99 Å². The van der Waals surface area contributed by atoms with Crippen molar-refractivity contribution in [2.45, 2.75) is 37.6 Å². The summed E-state index contributed by atoms with van der Waals surface area (Å²) in [7, 11) is 0. The van der Waals surface area contributed by atoms with Crippen LogP contribution in [0.5, 0.6) is 0 Å². The second kappa shape index (κ2) is 13.2. The zero-order valence-electron chi connectivity index (χ0n) is 14.6. The standard InChI is InChI=1S/C15H26N2O8S/c1-10(19)17-12-14(21)13(20)11(8-18)25-15(12)24-7-6-23-5-4-22-3-2-16-9-26/h11-15,18,20-21H,2-8H2,1H3,(H,17,19)/t11?,12?,13-,14?,15+/m0/s1. The highest BCUT2D eigenvalue weighted by Crippen LogP contribution is 2.22. The first-order chi connectivity index (χ1) is 12.5. The van der Waals surface area contributed by atoms with Gasteiger partial charge in [0, 0.05) is 6.92 Å². The lowest BCUT2D eigenvalue weighted by Crippen LogP contribution is -2.64. The van der Waals surface area contributed by atoms with Crippen LogP contribution in [0.15, 0.2) is 4.99 Å². The van der Waals surface area contributed by atoms with E-state index in [9.17, 15) is 20.1 Å². The molecule has 0 saturated carbocycles. The van der Waals surface area contributed by atoms with Crippen molar-refractivity contribution in [3.05, 3.63) is 0 Å². The van der Waals surface area contributed by atoms with Crippen LogP contribution < -0.4 is 5.32 Å². The predicted molar refractivity (Wildman–Crippen MR) is 92.8 cm³/mol. The van der Waals surface area contributed by atoms with E-state index >= 15 is 0 Å². The van der Waals surface area contributed by atoms with Crippen LogP contribution in [0.2, 0.25) is 0 Å². The first-order valence-electron chi connectivity index (χ1n) is 8.21. The number of amides is 1. The molecule has 150 valence electrons. The van der Waals surface area contributed by atoms with Crippen molar-refractivity contribution in [2.75, 3.05) is 46.2 Å². The molecule has 0 aromatic rings. The van der Waals surface area contributed by atoms with Crippen LogP contribution >= 0.6 is 12.2 Å². The number of aliphatic hydroxyl groups excluding tert-OH is 3. The summed E-state index contributed by atoms with van der Waals surface area (Å²) in [6.07, 6.45) is -4.71. The smallest absolute Gasteiger partial charge is 0.217 e. The van der Waals surface area contributed by atoms with Gasteiger partial charge in [-0.2, -0.15) is 0 Å². The number of aliphatic imine (C=N–C) groups is 1. The predicted octanol–water partition coefficient (Wildman–Crippen LogP) is -1.92. The number of hydrogen-bond donors (Lipinski definition) is 4. The highest BCUT2D eigenvalue weighted by Gasteiger charge is 2.45. The number of carbonyl (C=O) groups is 1. The minimum absolute atomic E-state index is 0.122. The van der Waals surface area contributed by atoms with Crippen LogP contribution in [-0.2, 0) is 23.7 Å². The number of isothiocyanates is 1. The normalized spacial score (nSPS) is 28.4. The molecule has 0 spiro atoms. The Morgan fingerprint density at radius 1 is 1.19 bits per heavy atom. The van der Waals surface area contributed by atoms with Gasteiger partial charge in [-0.25, -0.2) is 4.99 Å². The van der Waals surface area contributed by atoms with Crippen molar-refractivity contribution in [3.63, 3.8) is 0 Å². The average molecular weight is 394 g/mol. The Balaban J connectivity index is 2.30. The van der Waals surface area contributed by atoms with Gasteiger partial charge in [-0.05, 0) is 12.2 Å². The van der Waals surface area contributed by atoms with Crippen molar-refractivity contribution >= 4 is 23.3 Å². The Morgan fingerprint density at radius 3 is 2.46 bits per heavy atom. The summed E-state index contributed by atoms with van der Waals surface area (Å²) >= 11 is 4.43. The molecule has 1 amide bonds. The Kier molecular flexibility index (Phi) is 11.7. The molecule has 5 atom stereocenters. The number of ether oxygens (including phenoxy) is 4. The third-order valence-electron chi connectivity index (χ3n) is 3.54. The highest BCUT2D eigenvalue weighted by molar-refractivity contribution is 7.78. The molecule has 10 nitrogen and oxygen atoms in total. The van der Waals surface area contributed by atoms with Gasteiger partial charge in [0.15, 0.2) is 6.29 Å². The molecule has 1 heterocycles. The first-order valence-corrected chi connectivity index (χ1v) is 8.62. The van der Waals surface area contributed by atoms with Crippen LogP contribution in [0.1, 0.15) is 6.92 Å². The average Bonchev–Trinajstić information content (AvgIpc) is 2.62. The first kappa shape index (κ1) is 23.0. The van der Waals surface area contributed by atoms with Crippen LogP contribution in [0.25, 0.3) is 0 Å². The topological polar surface area (TPSA) is 139 Å². The monoisotopic (exact) mass is 394 g/mol. The fraction of sp³-hybridized carbons (Fsp3) is 0.867. The quantitative estimate of drug-likeness (QED) is 0.169. The maximum atomic E-state index is 11.3. The fourth-order valence-corrected chi connectivity index (χ4v) is 2.41. The molecule has 1 saturated heterocycles. The van der Waals surface area contributed by atoms with E-state index in [1.165, 1.54) is 6.92 Å². The summed E-state index contributed by atoms with van der Waals surface area (Å²) in [5.74, 6) is -0.410. The van der Waals surface area contributed by atoms with Crippen LogP contribution in [0, 0.1) is 0 Å². The number of carbonyl (C=O) groups excluding carboxylic acids is 1. The Hall–Kier alpha value is -1.01. The number of nitrogens with one attached hydrogen (secondary N) is 1. The van der Waals surface area contributed by atoms with Crippen molar-refractivity contribution in [1.82, 2.24) is 5.32 Å². The molecule has 0 aliphatic carbocycles. The lowest BCUT2D eigenvalue weighted by molar-refractivity contribution is -0.272. The van der Waals surface area contributed by atoms with Gasteiger partial charge in [0.1, 0.15) is 24.4 Å². The molecule has 1 rings (SSSR count). The van der Waals surface area contributed by atoms with Gasteiger partial charge in [-0.15, -0.1) is 0 Å². The zero-order chi connectivity index (χ0) is 19.4. The number of aliphatic hydroxyl groups is 3. The highest BCUT2D eigenvalue weighted by atomic mass is 32.1. The zero-order valence-corrected chi connectivity index (χ0v) is 15.4. The van der Waals surface area contributed by atoms with Gasteiger partial charge >= 0.3 is 0 Å². The van der Waals surface area contributed by atoms with Gasteiger partial charge in [-0.3, -0.25) is 4.79 Å². The lowest BCUT2D eigenvalue weighted by Gasteiger charge is -2.42. The number of thiocarbonyl (C=S) groups is 1. The van der Waals surface area contributed by atoms with E-state index in [1.807, 2.05) is 0 Å². The fourth-order valence-electron chi connectivity index (χ4n) is 2.31. The Morgan fingerprint density at radius 2 is 1.85 bits per heavy atom.